The molecule has 1 heterocycles. The fourth-order valence-electron chi connectivity index (χ4n) is 0.556. The van der Waals surface area contributed by atoms with E-state index in [2.05, 4.69) is 0 Å². The van der Waals surface area contributed by atoms with Crippen molar-refractivity contribution in [3.05, 3.63) is 0 Å². The summed E-state index contributed by atoms with van der Waals surface area (Å²) in [5.74, 6) is 0. The van der Waals surface area contributed by atoms with Crippen molar-refractivity contribution in [2.24, 2.45) is 0 Å². The Morgan fingerprint density at radius 3 is 2.33 bits per heavy atom. The van der Waals surface area contributed by atoms with Crippen LogP contribution in [0.25, 0.3) is 0 Å². The van der Waals surface area contributed by atoms with E-state index >= 15 is 0 Å². The van der Waals surface area contributed by atoms with Gasteiger partial charge in [0.25, 0.3) is 0 Å². The molecular weight excluding hydrogens is 140 g/mol. The van der Waals surface area contributed by atoms with E-state index in [9.17, 15) is 0 Å². The molecule has 1 fully saturated rings. The lowest BCUT2D eigenvalue weighted by molar-refractivity contribution is -0.185. The summed E-state index contributed by atoms with van der Waals surface area (Å²) < 4.78 is 9.50. The van der Waals surface area contributed by atoms with Crippen LogP contribution in [0.4, 0.5) is 0 Å². The number of hydrogen-bond donors (Lipinski definition) is 2. The summed E-state index contributed by atoms with van der Waals surface area (Å²) in [6, 6.07) is 0. The van der Waals surface area contributed by atoms with E-state index in [1.807, 2.05) is 0 Å². The fraction of sp³-hybridized carbons (Fsp3) is 1.00. The molecule has 0 saturated carbocycles. The maximum atomic E-state index is 8.75. The lowest BCUT2D eigenvalue weighted by Crippen LogP contribution is -2.44. The standard InChI is InChI=1S/C4H10O4Si/c1-9(5,6)8-4-2-3-7-4/h4-6H,2-3H2,1H3. The summed E-state index contributed by atoms with van der Waals surface area (Å²) in [4.78, 5) is 17.5. The highest BCUT2D eigenvalue weighted by Gasteiger charge is 2.32. The van der Waals surface area contributed by atoms with Crippen molar-refractivity contribution in [2.45, 2.75) is 19.3 Å². The second-order valence-corrected chi connectivity index (χ2v) is 4.24. The molecule has 0 aromatic heterocycles. The van der Waals surface area contributed by atoms with Gasteiger partial charge in [0.05, 0.1) is 6.61 Å². The van der Waals surface area contributed by atoms with E-state index in [-0.39, 0.29) is 6.29 Å². The first-order chi connectivity index (χ1) is 4.08. The second-order valence-electron chi connectivity index (χ2n) is 2.14. The molecule has 0 bridgehead atoms. The maximum Gasteiger partial charge on any atom is 0.494 e. The highest BCUT2D eigenvalue weighted by molar-refractivity contribution is 6.56. The van der Waals surface area contributed by atoms with Crippen molar-refractivity contribution in [3.8, 4) is 0 Å². The third kappa shape index (κ3) is 2.42. The van der Waals surface area contributed by atoms with Gasteiger partial charge in [-0.05, 0) is 0 Å². The molecule has 2 N–H and O–H groups in total. The second kappa shape index (κ2) is 2.35. The van der Waals surface area contributed by atoms with Gasteiger partial charge in [-0.25, -0.2) is 0 Å². The molecule has 1 rings (SSSR count). The molecule has 1 atom stereocenters. The van der Waals surface area contributed by atoms with Crippen LogP contribution in [0.3, 0.4) is 0 Å². The quantitative estimate of drug-likeness (QED) is 0.511. The molecule has 1 aliphatic rings. The Hall–Kier alpha value is 0.0569. The van der Waals surface area contributed by atoms with Gasteiger partial charge in [-0.2, -0.15) is 0 Å². The molecule has 1 unspecified atom stereocenters. The molecule has 4 nitrogen and oxygen atoms in total. The minimum Gasteiger partial charge on any atom is -0.390 e. The Balaban J connectivity index is 2.16. The van der Waals surface area contributed by atoms with Gasteiger partial charge in [0, 0.05) is 13.0 Å². The van der Waals surface area contributed by atoms with Crippen LogP contribution in [-0.4, -0.2) is 31.3 Å². The van der Waals surface area contributed by atoms with Crippen LogP contribution in [-0.2, 0) is 9.16 Å². The predicted octanol–water partition coefficient (Wildman–Crippen LogP) is -0.697. The van der Waals surface area contributed by atoms with E-state index < -0.39 is 8.80 Å². The van der Waals surface area contributed by atoms with Crippen LogP contribution >= 0.6 is 0 Å². The third-order valence-corrected chi connectivity index (χ3v) is 1.72. The molecule has 0 aliphatic carbocycles. The van der Waals surface area contributed by atoms with E-state index in [0.717, 1.165) is 6.42 Å². The molecule has 0 radical (unpaired) electrons. The Kier molecular flexibility index (Phi) is 1.87. The highest BCUT2D eigenvalue weighted by Crippen LogP contribution is 2.14. The fourth-order valence-corrected chi connectivity index (χ4v) is 1.24. The average Bonchev–Trinajstić information content (AvgIpc) is 1.53. The van der Waals surface area contributed by atoms with Gasteiger partial charge < -0.3 is 18.8 Å². The third-order valence-electron chi connectivity index (χ3n) is 1.01. The largest absolute Gasteiger partial charge is 0.494 e. The van der Waals surface area contributed by atoms with Crippen LogP contribution in [0, 0.1) is 0 Å². The van der Waals surface area contributed by atoms with Crippen LogP contribution < -0.4 is 0 Å². The Morgan fingerprint density at radius 2 is 2.22 bits per heavy atom. The number of rotatable bonds is 2. The topological polar surface area (TPSA) is 58.9 Å². The normalized spacial score (nSPS) is 27.7. The van der Waals surface area contributed by atoms with Crippen molar-refractivity contribution in [1.82, 2.24) is 0 Å². The summed E-state index contributed by atoms with van der Waals surface area (Å²) in [5.41, 5.74) is 0. The van der Waals surface area contributed by atoms with Crippen LogP contribution in [0.1, 0.15) is 6.42 Å². The molecule has 1 aliphatic heterocycles. The monoisotopic (exact) mass is 150 g/mol. The van der Waals surface area contributed by atoms with Crippen LogP contribution in [0.5, 0.6) is 0 Å². The first-order valence-corrected chi connectivity index (χ1v) is 5.12. The molecule has 5 heteroatoms. The number of hydrogen-bond acceptors (Lipinski definition) is 4. The Bertz CT molecular complexity index is 95.2. The van der Waals surface area contributed by atoms with E-state index in [4.69, 9.17) is 18.8 Å². The minimum atomic E-state index is -3.32. The van der Waals surface area contributed by atoms with Crippen molar-refractivity contribution in [1.29, 1.82) is 0 Å². The van der Waals surface area contributed by atoms with Gasteiger partial charge in [0.15, 0.2) is 6.29 Å². The zero-order chi connectivity index (χ0) is 6.91. The predicted molar refractivity (Wildman–Crippen MR) is 31.5 cm³/mol. The summed E-state index contributed by atoms with van der Waals surface area (Å²) in [6.45, 7) is 1.95. The van der Waals surface area contributed by atoms with Crippen LogP contribution in [0.15, 0.2) is 0 Å². The van der Waals surface area contributed by atoms with Gasteiger partial charge >= 0.3 is 8.80 Å². The Labute approximate surface area is 54.4 Å². The molecule has 1 saturated heterocycles. The summed E-state index contributed by atoms with van der Waals surface area (Å²) in [7, 11) is -3.32. The molecule has 9 heavy (non-hydrogen) atoms. The Morgan fingerprint density at radius 1 is 1.67 bits per heavy atom. The molecule has 0 aromatic carbocycles. The minimum absolute atomic E-state index is 0.364. The zero-order valence-electron chi connectivity index (χ0n) is 5.20. The van der Waals surface area contributed by atoms with Gasteiger partial charge in [-0.1, -0.05) is 0 Å². The van der Waals surface area contributed by atoms with Crippen molar-refractivity contribution in [2.75, 3.05) is 6.61 Å². The average molecular weight is 150 g/mol. The SMILES string of the molecule is C[Si](O)(O)OC1CCO1. The van der Waals surface area contributed by atoms with E-state index in [1.165, 1.54) is 6.55 Å². The number of ether oxygens (including phenoxy) is 1. The first kappa shape index (κ1) is 7.17. The lowest BCUT2D eigenvalue weighted by atomic mass is 10.4. The first-order valence-electron chi connectivity index (χ1n) is 2.82. The van der Waals surface area contributed by atoms with Gasteiger partial charge in [-0.15, -0.1) is 0 Å². The van der Waals surface area contributed by atoms with E-state index in [0.29, 0.717) is 6.61 Å². The molecule has 0 amide bonds. The lowest BCUT2D eigenvalue weighted by Gasteiger charge is -2.29. The van der Waals surface area contributed by atoms with Crippen molar-refractivity contribution >= 4 is 8.80 Å². The summed E-state index contributed by atoms with van der Waals surface area (Å²) in [6.07, 6.45) is 0.403. The van der Waals surface area contributed by atoms with Gasteiger partial charge in [0.2, 0.25) is 0 Å². The zero-order valence-corrected chi connectivity index (χ0v) is 6.20. The summed E-state index contributed by atoms with van der Waals surface area (Å²) >= 11 is 0. The molecule has 0 spiro atoms. The highest BCUT2D eigenvalue weighted by atomic mass is 28.4. The maximum absolute atomic E-state index is 8.75. The van der Waals surface area contributed by atoms with E-state index in [1.54, 1.807) is 0 Å². The smallest absolute Gasteiger partial charge is 0.390 e. The van der Waals surface area contributed by atoms with Gasteiger partial charge in [0.1, 0.15) is 0 Å². The van der Waals surface area contributed by atoms with Crippen LogP contribution in [0.2, 0.25) is 6.55 Å². The molecule has 54 valence electrons. The molecular formula is C4H10O4Si. The van der Waals surface area contributed by atoms with Crippen molar-refractivity contribution < 1.29 is 18.8 Å². The van der Waals surface area contributed by atoms with Crippen molar-refractivity contribution in [3.63, 3.8) is 0 Å². The molecule has 0 aromatic rings. The summed E-state index contributed by atoms with van der Waals surface area (Å²) in [5, 5.41) is 0. The van der Waals surface area contributed by atoms with Gasteiger partial charge in [-0.3, -0.25) is 0 Å².